The van der Waals surface area contributed by atoms with Gasteiger partial charge in [0.25, 0.3) is 0 Å². The highest BCUT2D eigenvalue weighted by atomic mass is 16.6. The van der Waals surface area contributed by atoms with Crippen LogP contribution >= 0.6 is 0 Å². The van der Waals surface area contributed by atoms with E-state index in [0.29, 0.717) is 19.6 Å². The molecule has 208 valence electrons. The Bertz CT molecular complexity index is 1480. The van der Waals surface area contributed by atoms with Crippen LogP contribution in [0.2, 0.25) is 0 Å². The van der Waals surface area contributed by atoms with Crippen molar-refractivity contribution < 1.29 is 9.53 Å². The van der Waals surface area contributed by atoms with Crippen LogP contribution in [0.5, 0.6) is 0 Å². The second-order valence-electron chi connectivity index (χ2n) is 11.3. The maximum absolute atomic E-state index is 12.7. The van der Waals surface area contributed by atoms with Crippen LogP contribution < -0.4 is 4.90 Å². The molecule has 0 spiro atoms. The standard InChI is InChI=1S/C32H38N6O2/c1-7-26-29(34-28(24-14-10-8-11-15-24)25-16-12-9-13-17-25)30-33-27(20-22(2)38(30)35-26)37-19-18-36(21-23(37)3)31(39)40-32(4,5)6/h8-17,20,23H,7,18-19,21H2,1-6H3/t23-/m0/s1. The Morgan fingerprint density at radius 3 is 2.20 bits per heavy atom. The smallest absolute Gasteiger partial charge is 0.410 e. The van der Waals surface area contributed by atoms with Crippen LogP contribution in [0.3, 0.4) is 0 Å². The Morgan fingerprint density at radius 1 is 1.02 bits per heavy atom. The van der Waals surface area contributed by atoms with Gasteiger partial charge < -0.3 is 14.5 Å². The molecule has 0 saturated carbocycles. The zero-order chi connectivity index (χ0) is 28.4. The molecule has 1 saturated heterocycles. The molecule has 0 unspecified atom stereocenters. The molecule has 0 N–H and O–H groups in total. The summed E-state index contributed by atoms with van der Waals surface area (Å²) >= 11 is 0. The number of ether oxygens (including phenoxy) is 1. The van der Waals surface area contributed by atoms with E-state index < -0.39 is 5.60 Å². The molecule has 1 atom stereocenters. The van der Waals surface area contributed by atoms with E-state index in [1.807, 2.05) is 61.7 Å². The molecule has 1 fully saturated rings. The minimum Gasteiger partial charge on any atom is -0.444 e. The molecule has 40 heavy (non-hydrogen) atoms. The van der Waals surface area contributed by atoms with E-state index >= 15 is 0 Å². The minimum atomic E-state index is -0.518. The zero-order valence-electron chi connectivity index (χ0n) is 24.3. The van der Waals surface area contributed by atoms with Gasteiger partial charge in [-0.15, -0.1) is 0 Å². The van der Waals surface area contributed by atoms with Gasteiger partial charge in [0.1, 0.15) is 17.1 Å². The van der Waals surface area contributed by atoms with Crippen LogP contribution in [0.4, 0.5) is 16.3 Å². The number of nitrogens with zero attached hydrogens (tertiary/aromatic N) is 6. The Balaban J connectivity index is 1.55. The molecule has 2 aromatic heterocycles. The number of aromatic nitrogens is 3. The minimum absolute atomic E-state index is 0.0698. The molecule has 0 radical (unpaired) electrons. The van der Waals surface area contributed by atoms with Crippen molar-refractivity contribution in [2.75, 3.05) is 24.5 Å². The van der Waals surface area contributed by atoms with Crippen molar-refractivity contribution in [1.82, 2.24) is 19.5 Å². The molecule has 4 aromatic rings. The maximum Gasteiger partial charge on any atom is 0.410 e. The lowest BCUT2D eigenvalue weighted by atomic mass is 10.0. The summed E-state index contributed by atoms with van der Waals surface area (Å²) in [6.07, 6.45) is 0.464. The second kappa shape index (κ2) is 11.1. The lowest BCUT2D eigenvalue weighted by Crippen LogP contribution is -2.54. The fourth-order valence-electron chi connectivity index (χ4n) is 5.07. The first-order valence-electron chi connectivity index (χ1n) is 14.0. The van der Waals surface area contributed by atoms with Gasteiger partial charge in [0.2, 0.25) is 0 Å². The highest BCUT2D eigenvalue weighted by Crippen LogP contribution is 2.31. The summed E-state index contributed by atoms with van der Waals surface area (Å²) in [5, 5.41) is 4.90. The van der Waals surface area contributed by atoms with Gasteiger partial charge in [-0.05, 0) is 41.0 Å². The Morgan fingerprint density at radius 2 is 1.65 bits per heavy atom. The van der Waals surface area contributed by atoms with Gasteiger partial charge >= 0.3 is 6.09 Å². The van der Waals surface area contributed by atoms with Gasteiger partial charge in [0.05, 0.1) is 11.4 Å². The number of aryl methyl sites for hydroxylation is 2. The molecule has 8 heteroatoms. The average molecular weight is 539 g/mol. The number of hydrogen-bond donors (Lipinski definition) is 0. The van der Waals surface area contributed by atoms with Gasteiger partial charge in [-0.2, -0.15) is 5.10 Å². The van der Waals surface area contributed by atoms with E-state index in [4.69, 9.17) is 19.8 Å². The van der Waals surface area contributed by atoms with Gasteiger partial charge in [0.15, 0.2) is 5.65 Å². The lowest BCUT2D eigenvalue weighted by Gasteiger charge is -2.40. The first-order valence-corrected chi connectivity index (χ1v) is 14.0. The Labute approximate surface area is 236 Å². The largest absolute Gasteiger partial charge is 0.444 e. The highest BCUT2D eigenvalue weighted by Gasteiger charge is 2.31. The molecule has 2 aromatic carbocycles. The predicted molar refractivity (Wildman–Crippen MR) is 160 cm³/mol. The van der Waals surface area contributed by atoms with E-state index in [-0.39, 0.29) is 12.1 Å². The van der Waals surface area contributed by atoms with Crippen LogP contribution in [0.15, 0.2) is 71.7 Å². The van der Waals surface area contributed by atoms with Crippen LogP contribution in [-0.2, 0) is 11.2 Å². The molecular formula is C32H38N6O2. The van der Waals surface area contributed by atoms with Gasteiger partial charge in [-0.1, -0.05) is 67.6 Å². The third kappa shape index (κ3) is 5.71. The highest BCUT2D eigenvalue weighted by molar-refractivity contribution is 6.14. The number of aliphatic imine (C=N–C) groups is 1. The number of rotatable bonds is 5. The first-order chi connectivity index (χ1) is 19.1. The number of benzene rings is 2. The van der Waals surface area contributed by atoms with Crippen molar-refractivity contribution in [2.24, 2.45) is 4.99 Å². The number of piperazine rings is 1. The number of carbonyl (C=O) groups is 1. The van der Waals surface area contributed by atoms with Gasteiger partial charge in [-0.3, -0.25) is 0 Å². The zero-order valence-corrected chi connectivity index (χ0v) is 24.3. The molecule has 3 heterocycles. The van der Waals surface area contributed by atoms with Crippen LogP contribution in [-0.4, -0.2) is 62.6 Å². The van der Waals surface area contributed by atoms with Gasteiger partial charge in [-0.25, -0.2) is 19.3 Å². The summed E-state index contributed by atoms with van der Waals surface area (Å²) in [4.78, 5) is 27.1. The first kappa shape index (κ1) is 27.4. The average Bonchev–Trinajstić information content (AvgIpc) is 3.29. The molecular weight excluding hydrogens is 500 g/mol. The van der Waals surface area contributed by atoms with Crippen molar-refractivity contribution >= 4 is 29.0 Å². The third-order valence-corrected chi connectivity index (χ3v) is 7.03. The predicted octanol–water partition coefficient (Wildman–Crippen LogP) is 6.21. The fourth-order valence-corrected chi connectivity index (χ4v) is 5.07. The van der Waals surface area contributed by atoms with Crippen molar-refractivity contribution in [3.05, 3.63) is 89.2 Å². The third-order valence-electron chi connectivity index (χ3n) is 7.03. The van der Waals surface area contributed by atoms with Crippen molar-refractivity contribution in [2.45, 2.75) is 59.6 Å². The number of fused-ring (bicyclic) bond motifs is 1. The van der Waals surface area contributed by atoms with E-state index in [9.17, 15) is 4.79 Å². The van der Waals surface area contributed by atoms with Crippen molar-refractivity contribution in [1.29, 1.82) is 0 Å². The fraction of sp³-hybridized carbons (Fsp3) is 0.375. The van der Waals surface area contributed by atoms with Crippen molar-refractivity contribution in [3.8, 4) is 0 Å². The monoisotopic (exact) mass is 538 g/mol. The van der Waals surface area contributed by atoms with E-state index in [1.165, 1.54) is 0 Å². The summed E-state index contributed by atoms with van der Waals surface area (Å²) in [5.41, 5.74) is 5.85. The Hall–Kier alpha value is -4.20. The topological polar surface area (TPSA) is 75.3 Å². The summed E-state index contributed by atoms with van der Waals surface area (Å²) in [5.74, 6) is 0.862. The number of anilines is 1. The van der Waals surface area contributed by atoms with E-state index in [1.54, 1.807) is 4.90 Å². The Kier molecular flexibility index (Phi) is 7.61. The summed E-state index contributed by atoms with van der Waals surface area (Å²) in [7, 11) is 0. The lowest BCUT2D eigenvalue weighted by molar-refractivity contribution is 0.0218. The molecule has 8 nitrogen and oxygen atoms in total. The second-order valence-corrected chi connectivity index (χ2v) is 11.3. The molecule has 5 rings (SSSR count). The molecule has 1 amide bonds. The van der Waals surface area contributed by atoms with Crippen molar-refractivity contribution in [3.63, 3.8) is 0 Å². The summed E-state index contributed by atoms with van der Waals surface area (Å²) in [6, 6.07) is 22.6. The van der Waals surface area contributed by atoms with E-state index in [0.717, 1.165) is 51.8 Å². The number of carbonyl (C=O) groups excluding carboxylic acids is 1. The van der Waals surface area contributed by atoms with Crippen LogP contribution in [0, 0.1) is 6.92 Å². The SMILES string of the molecule is CCc1nn2c(C)cc(N3CCN(C(=O)OC(C)(C)C)C[C@@H]3C)nc2c1N=C(c1ccccc1)c1ccccc1. The summed E-state index contributed by atoms with van der Waals surface area (Å²) in [6.45, 7) is 13.7. The number of hydrogen-bond acceptors (Lipinski definition) is 6. The van der Waals surface area contributed by atoms with Crippen LogP contribution in [0.25, 0.3) is 5.65 Å². The quantitative estimate of drug-likeness (QED) is 0.282. The molecule has 0 aliphatic carbocycles. The van der Waals surface area contributed by atoms with Gasteiger partial charge in [0, 0.05) is 48.6 Å². The molecule has 0 bridgehead atoms. The normalized spacial score (nSPS) is 15.8. The molecule has 1 aliphatic heterocycles. The number of amides is 1. The van der Waals surface area contributed by atoms with E-state index in [2.05, 4.69) is 56.0 Å². The maximum atomic E-state index is 12.7. The van der Waals surface area contributed by atoms with Crippen LogP contribution in [0.1, 0.15) is 57.1 Å². The summed E-state index contributed by atoms with van der Waals surface area (Å²) < 4.78 is 7.51. The molecule has 1 aliphatic rings.